The second-order valence-electron chi connectivity index (χ2n) is 4.32. The Bertz CT molecular complexity index is 480. The number of alkyl halides is 3. The number of morpholine rings is 1. The van der Waals surface area contributed by atoms with Crippen molar-refractivity contribution in [3.8, 4) is 0 Å². The Hall–Kier alpha value is -0.920. The molecule has 1 fully saturated rings. The van der Waals surface area contributed by atoms with Crippen molar-refractivity contribution < 1.29 is 22.7 Å². The molecule has 3 nitrogen and oxygen atoms in total. The molecule has 1 aromatic rings. The SMILES string of the molecule is O=CC1COCC(c2cccc(Br)c2)(C(F)(F)F)N1. The van der Waals surface area contributed by atoms with Crippen LogP contribution in [0.25, 0.3) is 0 Å². The quantitative estimate of drug-likeness (QED) is 0.842. The number of hydrogen-bond donors (Lipinski definition) is 1. The molecule has 1 heterocycles. The molecule has 0 bridgehead atoms. The molecule has 7 heteroatoms. The summed E-state index contributed by atoms with van der Waals surface area (Å²) in [7, 11) is 0. The molecule has 0 radical (unpaired) electrons. The Balaban J connectivity index is 2.49. The van der Waals surface area contributed by atoms with E-state index in [1.807, 2.05) is 0 Å². The van der Waals surface area contributed by atoms with Crippen molar-refractivity contribution in [2.24, 2.45) is 0 Å². The molecule has 1 aliphatic rings. The molecule has 0 aromatic heterocycles. The van der Waals surface area contributed by atoms with Crippen molar-refractivity contribution in [2.45, 2.75) is 17.8 Å². The number of carbonyl (C=O) groups excluding carboxylic acids is 1. The van der Waals surface area contributed by atoms with Gasteiger partial charge in [0.25, 0.3) is 0 Å². The number of ether oxygens (including phenoxy) is 1. The van der Waals surface area contributed by atoms with Crippen molar-refractivity contribution in [1.29, 1.82) is 0 Å². The first kappa shape index (κ1) is 14.5. The maximum absolute atomic E-state index is 13.4. The predicted octanol–water partition coefficient (Wildman–Crippen LogP) is 2.39. The zero-order valence-electron chi connectivity index (χ0n) is 9.71. The van der Waals surface area contributed by atoms with E-state index < -0.39 is 24.4 Å². The first-order chi connectivity index (χ1) is 8.89. The summed E-state index contributed by atoms with van der Waals surface area (Å²) in [6, 6.07) is 4.90. The van der Waals surface area contributed by atoms with Crippen LogP contribution in [0.1, 0.15) is 5.56 Å². The normalized spacial score (nSPS) is 28.1. The summed E-state index contributed by atoms with van der Waals surface area (Å²) in [4.78, 5) is 10.8. The third kappa shape index (κ3) is 2.68. The van der Waals surface area contributed by atoms with E-state index in [0.717, 1.165) is 0 Å². The van der Waals surface area contributed by atoms with E-state index in [2.05, 4.69) is 21.2 Å². The van der Waals surface area contributed by atoms with Crippen molar-refractivity contribution in [3.63, 3.8) is 0 Å². The number of hydrogen-bond acceptors (Lipinski definition) is 3. The first-order valence-corrected chi connectivity index (χ1v) is 6.32. The fourth-order valence-corrected chi connectivity index (χ4v) is 2.46. The van der Waals surface area contributed by atoms with Gasteiger partial charge >= 0.3 is 6.18 Å². The van der Waals surface area contributed by atoms with Crippen LogP contribution in [0.5, 0.6) is 0 Å². The number of benzene rings is 1. The first-order valence-electron chi connectivity index (χ1n) is 5.52. The van der Waals surface area contributed by atoms with Gasteiger partial charge in [0.2, 0.25) is 0 Å². The van der Waals surface area contributed by atoms with Crippen molar-refractivity contribution in [3.05, 3.63) is 34.3 Å². The van der Waals surface area contributed by atoms with Crippen LogP contribution in [0.4, 0.5) is 13.2 Å². The van der Waals surface area contributed by atoms with Crippen molar-refractivity contribution >= 4 is 22.2 Å². The Morgan fingerprint density at radius 3 is 2.79 bits per heavy atom. The monoisotopic (exact) mass is 337 g/mol. The minimum Gasteiger partial charge on any atom is -0.377 e. The molecule has 2 unspecified atom stereocenters. The van der Waals surface area contributed by atoms with E-state index >= 15 is 0 Å². The molecule has 1 aromatic carbocycles. The summed E-state index contributed by atoms with van der Waals surface area (Å²) in [5, 5.41) is 2.36. The fraction of sp³-hybridized carbons (Fsp3) is 0.417. The summed E-state index contributed by atoms with van der Waals surface area (Å²) in [6.45, 7) is -0.618. The Morgan fingerprint density at radius 1 is 1.47 bits per heavy atom. The van der Waals surface area contributed by atoms with Crippen LogP contribution >= 0.6 is 15.9 Å². The Labute approximate surface area is 116 Å². The minimum absolute atomic E-state index is 0.0147. The van der Waals surface area contributed by atoms with Gasteiger partial charge < -0.3 is 9.53 Å². The summed E-state index contributed by atoms with van der Waals surface area (Å²) in [5.74, 6) is 0. The molecular formula is C12H11BrF3NO2. The van der Waals surface area contributed by atoms with Gasteiger partial charge in [-0.05, 0) is 17.7 Å². The van der Waals surface area contributed by atoms with E-state index in [1.54, 1.807) is 6.07 Å². The van der Waals surface area contributed by atoms with E-state index in [1.165, 1.54) is 18.2 Å². The van der Waals surface area contributed by atoms with Crippen molar-refractivity contribution in [1.82, 2.24) is 5.32 Å². The maximum Gasteiger partial charge on any atom is 0.413 e. The van der Waals surface area contributed by atoms with E-state index in [4.69, 9.17) is 4.74 Å². The number of aldehydes is 1. The van der Waals surface area contributed by atoms with Crippen LogP contribution in [0.3, 0.4) is 0 Å². The van der Waals surface area contributed by atoms with E-state index in [-0.39, 0.29) is 12.2 Å². The average Bonchev–Trinajstić information content (AvgIpc) is 2.37. The molecule has 1 aliphatic heterocycles. The largest absolute Gasteiger partial charge is 0.413 e. The lowest BCUT2D eigenvalue weighted by atomic mass is 9.88. The fourth-order valence-electron chi connectivity index (χ4n) is 2.06. The molecule has 19 heavy (non-hydrogen) atoms. The van der Waals surface area contributed by atoms with Gasteiger partial charge in [-0.3, -0.25) is 5.32 Å². The predicted molar refractivity (Wildman–Crippen MR) is 65.7 cm³/mol. The zero-order valence-corrected chi connectivity index (χ0v) is 11.3. The highest BCUT2D eigenvalue weighted by atomic mass is 79.9. The topological polar surface area (TPSA) is 38.3 Å². The second-order valence-corrected chi connectivity index (χ2v) is 5.23. The molecular weight excluding hydrogens is 327 g/mol. The lowest BCUT2D eigenvalue weighted by Gasteiger charge is -2.42. The lowest BCUT2D eigenvalue weighted by Crippen LogP contribution is -2.64. The highest BCUT2D eigenvalue weighted by Gasteiger charge is 2.58. The molecule has 1 saturated heterocycles. The molecule has 0 amide bonds. The number of nitrogens with one attached hydrogen (secondary N) is 1. The van der Waals surface area contributed by atoms with Crippen LogP contribution in [-0.2, 0) is 15.1 Å². The lowest BCUT2D eigenvalue weighted by molar-refractivity contribution is -0.230. The van der Waals surface area contributed by atoms with Crippen molar-refractivity contribution in [2.75, 3.05) is 13.2 Å². The Kier molecular flexibility index (Phi) is 3.98. The highest BCUT2D eigenvalue weighted by Crippen LogP contribution is 2.41. The minimum atomic E-state index is -4.57. The summed E-state index contributed by atoms with van der Waals surface area (Å²) < 4.78 is 45.9. The summed E-state index contributed by atoms with van der Waals surface area (Å²) >= 11 is 3.15. The average molecular weight is 338 g/mol. The van der Waals surface area contributed by atoms with Crippen LogP contribution in [0.15, 0.2) is 28.7 Å². The van der Waals surface area contributed by atoms with Gasteiger partial charge in [0.15, 0.2) is 5.54 Å². The molecule has 2 rings (SSSR count). The second kappa shape index (κ2) is 5.22. The van der Waals surface area contributed by atoms with Crippen LogP contribution in [0, 0.1) is 0 Å². The van der Waals surface area contributed by atoms with Gasteiger partial charge in [-0.1, -0.05) is 28.1 Å². The van der Waals surface area contributed by atoms with Crippen LogP contribution in [0.2, 0.25) is 0 Å². The molecule has 0 saturated carbocycles. The zero-order chi connectivity index (χ0) is 14.1. The van der Waals surface area contributed by atoms with Crippen LogP contribution in [-0.4, -0.2) is 31.7 Å². The van der Waals surface area contributed by atoms with E-state index in [0.29, 0.717) is 10.8 Å². The summed E-state index contributed by atoms with van der Waals surface area (Å²) in [6.07, 6.45) is -4.15. The van der Waals surface area contributed by atoms with Gasteiger partial charge in [0, 0.05) is 4.47 Å². The maximum atomic E-state index is 13.4. The van der Waals surface area contributed by atoms with Gasteiger partial charge in [-0.2, -0.15) is 13.2 Å². The molecule has 2 atom stereocenters. The van der Waals surface area contributed by atoms with Gasteiger partial charge in [0.05, 0.1) is 19.3 Å². The molecule has 0 aliphatic carbocycles. The molecule has 0 spiro atoms. The number of rotatable bonds is 2. The molecule has 1 N–H and O–H groups in total. The third-order valence-corrected chi connectivity index (χ3v) is 3.51. The van der Waals surface area contributed by atoms with Gasteiger partial charge in [-0.15, -0.1) is 0 Å². The molecule has 104 valence electrons. The standard InChI is InChI=1S/C12H11BrF3NO2/c13-9-3-1-2-8(4-9)11(12(14,15)16)7-19-6-10(5-18)17-11/h1-5,10,17H,6-7H2. The van der Waals surface area contributed by atoms with Crippen LogP contribution < -0.4 is 5.32 Å². The highest BCUT2D eigenvalue weighted by molar-refractivity contribution is 9.10. The third-order valence-electron chi connectivity index (χ3n) is 3.01. The Morgan fingerprint density at radius 2 is 2.21 bits per heavy atom. The number of halogens is 4. The van der Waals surface area contributed by atoms with E-state index in [9.17, 15) is 18.0 Å². The van der Waals surface area contributed by atoms with Gasteiger partial charge in [0.1, 0.15) is 6.29 Å². The smallest absolute Gasteiger partial charge is 0.377 e. The van der Waals surface area contributed by atoms with Gasteiger partial charge in [-0.25, -0.2) is 0 Å². The summed E-state index contributed by atoms with van der Waals surface area (Å²) in [5.41, 5.74) is -2.35. The number of carbonyl (C=O) groups is 1.